The van der Waals surface area contributed by atoms with Crippen molar-refractivity contribution in [2.75, 3.05) is 14.2 Å². The molecular weight excluding hydrogens is 266 g/mol. The largest absolute Gasteiger partial charge is 0.497 e. The van der Waals surface area contributed by atoms with Gasteiger partial charge in [-0.1, -0.05) is 6.07 Å². The molecule has 1 heterocycles. The lowest BCUT2D eigenvalue weighted by atomic mass is 10.1. The van der Waals surface area contributed by atoms with Crippen molar-refractivity contribution in [3.05, 3.63) is 53.4 Å². The average Bonchev–Trinajstić information content (AvgIpc) is 2.88. The topological polar surface area (TPSA) is 44.5 Å². The van der Waals surface area contributed by atoms with Gasteiger partial charge in [-0.25, -0.2) is 4.98 Å². The number of methoxy groups -OCH3 is 2. The van der Waals surface area contributed by atoms with E-state index in [9.17, 15) is 0 Å². The van der Waals surface area contributed by atoms with Crippen molar-refractivity contribution in [1.29, 1.82) is 0 Å². The number of nitrogens with zero attached hydrogens (tertiary/aromatic N) is 1. The van der Waals surface area contributed by atoms with Crippen molar-refractivity contribution in [2.24, 2.45) is 0 Å². The molecule has 0 radical (unpaired) electrons. The summed E-state index contributed by atoms with van der Waals surface area (Å²) in [5.74, 6) is 2.26. The molecule has 2 aromatic carbocycles. The SMILES string of the molecule is COc1ccc(OC)c(Cc2nc3ccc(C)cc3o2)c1. The predicted molar refractivity (Wildman–Crippen MR) is 81.1 cm³/mol. The molecule has 0 fully saturated rings. The van der Waals surface area contributed by atoms with Crippen molar-refractivity contribution in [1.82, 2.24) is 4.98 Å². The van der Waals surface area contributed by atoms with E-state index in [4.69, 9.17) is 13.9 Å². The first-order valence-electron chi connectivity index (χ1n) is 6.76. The van der Waals surface area contributed by atoms with E-state index in [1.54, 1.807) is 14.2 Å². The van der Waals surface area contributed by atoms with Crippen LogP contribution in [0, 0.1) is 6.92 Å². The number of benzene rings is 2. The van der Waals surface area contributed by atoms with Crippen LogP contribution >= 0.6 is 0 Å². The Morgan fingerprint density at radius 3 is 2.67 bits per heavy atom. The number of aryl methyl sites for hydroxylation is 1. The fourth-order valence-corrected chi connectivity index (χ4v) is 2.34. The van der Waals surface area contributed by atoms with Crippen LogP contribution in [0.15, 0.2) is 40.8 Å². The number of rotatable bonds is 4. The fraction of sp³-hybridized carbons (Fsp3) is 0.235. The highest BCUT2D eigenvalue weighted by Gasteiger charge is 2.11. The minimum Gasteiger partial charge on any atom is -0.497 e. The normalized spacial score (nSPS) is 10.8. The fourth-order valence-electron chi connectivity index (χ4n) is 2.34. The van der Waals surface area contributed by atoms with Crippen molar-refractivity contribution in [3.63, 3.8) is 0 Å². The lowest BCUT2D eigenvalue weighted by Crippen LogP contribution is -1.95. The Balaban J connectivity index is 1.97. The van der Waals surface area contributed by atoms with E-state index in [2.05, 4.69) is 4.98 Å². The Morgan fingerprint density at radius 1 is 1.05 bits per heavy atom. The maximum atomic E-state index is 5.82. The van der Waals surface area contributed by atoms with Crippen molar-refractivity contribution in [3.8, 4) is 11.5 Å². The zero-order chi connectivity index (χ0) is 14.8. The van der Waals surface area contributed by atoms with E-state index in [1.165, 1.54) is 0 Å². The summed E-state index contributed by atoms with van der Waals surface area (Å²) in [6.07, 6.45) is 0.564. The van der Waals surface area contributed by atoms with E-state index in [-0.39, 0.29) is 0 Å². The molecule has 0 spiro atoms. The van der Waals surface area contributed by atoms with Gasteiger partial charge in [-0.3, -0.25) is 0 Å². The minimum atomic E-state index is 0.564. The number of fused-ring (bicyclic) bond motifs is 1. The number of hydrogen-bond donors (Lipinski definition) is 0. The Morgan fingerprint density at radius 2 is 1.90 bits per heavy atom. The smallest absolute Gasteiger partial charge is 0.200 e. The Bertz CT molecular complexity index is 777. The van der Waals surface area contributed by atoms with E-state index in [1.807, 2.05) is 43.3 Å². The molecule has 0 atom stereocenters. The molecule has 3 rings (SSSR count). The summed E-state index contributed by atoms with van der Waals surface area (Å²) in [6.45, 7) is 2.03. The van der Waals surface area contributed by atoms with Gasteiger partial charge < -0.3 is 13.9 Å². The van der Waals surface area contributed by atoms with Crippen molar-refractivity contribution < 1.29 is 13.9 Å². The van der Waals surface area contributed by atoms with Crippen LogP contribution in [0.1, 0.15) is 17.0 Å². The standard InChI is InChI=1S/C17H17NO3/c1-11-4-6-14-16(8-11)21-17(18-14)10-12-9-13(19-2)5-7-15(12)20-3/h4-9H,10H2,1-3H3. The van der Waals surface area contributed by atoms with Gasteiger partial charge >= 0.3 is 0 Å². The molecule has 0 bridgehead atoms. The summed E-state index contributed by atoms with van der Waals surface area (Å²) in [4.78, 5) is 4.52. The molecule has 0 aliphatic heterocycles. The van der Waals surface area contributed by atoms with Gasteiger partial charge in [0.2, 0.25) is 0 Å². The molecule has 0 unspecified atom stereocenters. The van der Waals surface area contributed by atoms with Gasteiger partial charge in [0.1, 0.15) is 17.0 Å². The van der Waals surface area contributed by atoms with Crippen LogP contribution < -0.4 is 9.47 Å². The molecule has 0 N–H and O–H groups in total. The van der Waals surface area contributed by atoms with Crippen LogP contribution in [0.3, 0.4) is 0 Å². The van der Waals surface area contributed by atoms with Gasteiger partial charge in [-0.15, -0.1) is 0 Å². The summed E-state index contributed by atoms with van der Waals surface area (Å²) in [5, 5.41) is 0. The highest BCUT2D eigenvalue weighted by molar-refractivity contribution is 5.73. The first kappa shape index (κ1) is 13.5. The third-order valence-corrected chi connectivity index (χ3v) is 3.42. The predicted octanol–water partition coefficient (Wildman–Crippen LogP) is 3.74. The van der Waals surface area contributed by atoms with Gasteiger partial charge in [0, 0.05) is 5.56 Å². The van der Waals surface area contributed by atoms with Gasteiger partial charge in [-0.2, -0.15) is 0 Å². The summed E-state index contributed by atoms with van der Waals surface area (Å²) < 4.78 is 16.5. The van der Waals surface area contributed by atoms with E-state index in [0.717, 1.165) is 33.7 Å². The molecular formula is C17H17NO3. The van der Waals surface area contributed by atoms with Crippen LogP contribution in [-0.4, -0.2) is 19.2 Å². The number of aromatic nitrogens is 1. The molecule has 0 aliphatic carbocycles. The first-order valence-corrected chi connectivity index (χ1v) is 6.76. The van der Waals surface area contributed by atoms with Crippen LogP contribution in [0.25, 0.3) is 11.1 Å². The van der Waals surface area contributed by atoms with Crippen molar-refractivity contribution in [2.45, 2.75) is 13.3 Å². The van der Waals surface area contributed by atoms with Crippen LogP contribution in [-0.2, 0) is 6.42 Å². The monoisotopic (exact) mass is 283 g/mol. The second-order valence-corrected chi connectivity index (χ2v) is 4.93. The zero-order valence-electron chi connectivity index (χ0n) is 12.3. The molecule has 0 saturated heterocycles. The molecule has 3 aromatic rings. The third-order valence-electron chi connectivity index (χ3n) is 3.42. The summed E-state index contributed by atoms with van der Waals surface area (Å²) in [6, 6.07) is 11.7. The molecule has 21 heavy (non-hydrogen) atoms. The van der Waals surface area contributed by atoms with Gasteiger partial charge in [-0.05, 0) is 42.8 Å². The van der Waals surface area contributed by atoms with Crippen molar-refractivity contribution >= 4 is 11.1 Å². The zero-order valence-corrected chi connectivity index (χ0v) is 12.3. The Kier molecular flexibility index (Phi) is 3.52. The molecule has 0 aliphatic rings. The Hall–Kier alpha value is -2.49. The van der Waals surface area contributed by atoms with E-state index < -0.39 is 0 Å². The van der Waals surface area contributed by atoms with Gasteiger partial charge in [0.25, 0.3) is 0 Å². The maximum Gasteiger partial charge on any atom is 0.200 e. The molecule has 0 saturated carbocycles. The lowest BCUT2D eigenvalue weighted by molar-refractivity contribution is 0.398. The summed E-state index contributed by atoms with van der Waals surface area (Å²) >= 11 is 0. The van der Waals surface area contributed by atoms with E-state index >= 15 is 0 Å². The second-order valence-electron chi connectivity index (χ2n) is 4.93. The van der Waals surface area contributed by atoms with Crippen LogP contribution in [0.4, 0.5) is 0 Å². The molecule has 108 valence electrons. The molecule has 1 aromatic heterocycles. The van der Waals surface area contributed by atoms with Gasteiger partial charge in [0.15, 0.2) is 11.5 Å². The van der Waals surface area contributed by atoms with Crippen LogP contribution in [0.2, 0.25) is 0 Å². The lowest BCUT2D eigenvalue weighted by Gasteiger charge is -2.08. The number of ether oxygens (including phenoxy) is 2. The summed E-state index contributed by atoms with van der Waals surface area (Å²) in [5.41, 5.74) is 3.83. The molecule has 4 heteroatoms. The maximum absolute atomic E-state index is 5.82. The summed E-state index contributed by atoms with van der Waals surface area (Å²) in [7, 11) is 3.30. The molecule has 0 amide bonds. The third kappa shape index (κ3) is 2.70. The number of hydrogen-bond acceptors (Lipinski definition) is 4. The minimum absolute atomic E-state index is 0.564. The average molecular weight is 283 g/mol. The highest BCUT2D eigenvalue weighted by Crippen LogP contribution is 2.27. The highest BCUT2D eigenvalue weighted by atomic mass is 16.5. The first-order chi connectivity index (χ1) is 10.2. The van der Waals surface area contributed by atoms with Gasteiger partial charge in [0.05, 0.1) is 20.6 Å². The van der Waals surface area contributed by atoms with E-state index in [0.29, 0.717) is 12.3 Å². The number of oxazole rings is 1. The van der Waals surface area contributed by atoms with Crippen LogP contribution in [0.5, 0.6) is 11.5 Å². The quantitative estimate of drug-likeness (QED) is 0.731. The Labute approximate surface area is 123 Å². The molecule has 4 nitrogen and oxygen atoms in total. The second kappa shape index (κ2) is 5.48.